The fraction of sp³-hybridized carbons (Fsp3) is 0.632. The molecule has 0 N–H and O–H groups in total. The SMILES string of the molecule is CCC1CCC(N(C)CC(C)(C=O)c2ccccc2)CC1. The Morgan fingerprint density at radius 2 is 1.81 bits per heavy atom. The van der Waals surface area contributed by atoms with Gasteiger partial charge in [-0.25, -0.2) is 0 Å². The van der Waals surface area contributed by atoms with Crippen molar-refractivity contribution in [2.45, 2.75) is 57.4 Å². The van der Waals surface area contributed by atoms with Crippen LogP contribution in [0.3, 0.4) is 0 Å². The first-order valence-electron chi connectivity index (χ1n) is 8.31. The molecule has 116 valence electrons. The van der Waals surface area contributed by atoms with Crippen molar-refractivity contribution < 1.29 is 4.79 Å². The van der Waals surface area contributed by atoms with Crippen molar-refractivity contribution in [1.82, 2.24) is 4.90 Å². The molecule has 0 radical (unpaired) electrons. The number of rotatable bonds is 6. The Labute approximate surface area is 129 Å². The Kier molecular flexibility index (Phi) is 5.58. The number of carbonyl (C=O) groups is 1. The number of likely N-dealkylation sites (N-methyl/N-ethyl adjacent to an activating group) is 1. The summed E-state index contributed by atoms with van der Waals surface area (Å²) in [6.07, 6.45) is 7.67. The number of hydrogen-bond acceptors (Lipinski definition) is 2. The average Bonchev–Trinajstić information content (AvgIpc) is 2.55. The topological polar surface area (TPSA) is 20.3 Å². The molecule has 0 bridgehead atoms. The zero-order chi connectivity index (χ0) is 15.3. The predicted molar refractivity (Wildman–Crippen MR) is 88.5 cm³/mol. The second-order valence-corrected chi connectivity index (χ2v) is 6.90. The first kappa shape index (κ1) is 16.2. The van der Waals surface area contributed by atoms with E-state index in [0.29, 0.717) is 6.04 Å². The molecule has 0 aromatic heterocycles. The lowest BCUT2D eigenvalue weighted by molar-refractivity contribution is -0.112. The normalized spacial score (nSPS) is 25.5. The van der Waals surface area contributed by atoms with Gasteiger partial charge in [0.1, 0.15) is 6.29 Å². The van der Waals surface area contributed by atoms with Gasteiger partial charge in [0.15, 0.2) is 0 Å². The molecule has 0 aliphatic heterocycles. The average molecular weight is 287 g/mol. The lowest BCUT2D eigenvalue weighted by Gasteiger charge is -2.38. The summed E-state index contributed by atoms with van der Waals surface area (Å²) < 4.78 is 0. The molecule has 0 saturated heterocycles. The number of benzene rings is 1. The van der Waals surface area contributed by atoms with Crippen molar-refractivity contribution in [3.63, 3.8) is 0 Å². The van der Waals surface area contributed by atoms with Crippen LogP contribution in [0.15, 0.2) is 30.3 Å². The molecular weight excluding hydrogens is 258 g/mol. The van der Waals surface area contributed by atoms with Crippen LogP contribution in [-0.4, -0.2) is 30.8 Å². The Morgan fingerprint density at radius 1 is 1.19 bits per heavy atom. The minimum Gasteiger partial charge on any atom is -0.302 e. The minimum absolute atomic E-state index is 0.405. The van der Waals surface area contributed by atoms with Crippen LogP contribution in [0.4, 0.5) is 0 Å². The van der Waals surface area contributed by atoms with E-state index in [-0.39, 0.29) is 0 Å². The Hall–Kier alpha value is -1.15. The number of nitrogens with zero attached hydrogens (tertiary/aromatic N) is 1. The van der Waals surface area contributed by atoms with Gasteiger partial charge in [-0.3, -0.25) is 0 Å². The zero-order valence-electron chi connectivity index (χ0n) is 13.7. The van der Waals surface area contributed by atoms with Gasteiger partial charge in [0.05, 0.1) is 5.41 Å². The molecule has 21 heavy (non-hydrogen) atoms. The maximum Gasteiger partial charge on any atom is 0.131 e. The number of carbonyl (C=O) groups excluding carboxylic acids is 1. The fourth-order valence-electron chi connectivity index (χ4n) is 3.66. The standard InChI is InChI=1S/C19H29NO/c1-4-16-10-12-18(13-11-16)20(3)14-19(2,15-21)17-8-6-5-7-9-17/h5-9,15-16,18H,4,10-14H2,1-3H3. The third kappa shape index (κ3) is 3.94. The van der Waals surface area contributed by atoms with Crippen LogP contribution in [0, 0.1) is 5.92 Å². The van der Waals surface area contributed by atoms with E-state index in [0.717, 1.165) is 24.3 Å². The molecule has 0 spiro atoms. The fourth-order valence-corrected chi connectivity index (χ4v) is 3.66. The summed E-state index contributed by atoms with van der Waals surface area (Å²) in [5.74, 6) is 0.918. The quantitative estimate of drug-likeness (QED) is 0.736. The molecule has 1 aliphatic carbocycles. The summed E-state index contributed by atoms with van der Waals surface area (Å²) in [6, 6.07) is 10.8. The molecule has 2 rings (SSSR count). The van der Waals surface area contributed by atoms with Crippen LogP contribution < -0.4 is 0 Å². The van der Waals surface area contributed by atoms with Crippen LogP contribution >= 0.6 is 0 Å². The van der Waals surface area contributed by atoms with Crippen LogP contribution in [0.1, 0.15) is 51.5 Å². The van der Waals surface area contributed by atoms with E-state index in [1.54, 1.807) is 0 Å². The van der Waals surface area contributed by atoms with E-state index in [1.165, 1.54) is 32.1 Å². The summed E-state index contributed by atoms with van der Waals surface area (Å²) in [6.45, 7) is 5.17. The molecule has 1 unspecified atom stereocenters. The molecule has 2 heteroatoms. The minimum atomic E-state index is -0.405. The smallest absolute Gasteiger partial charge is 0.131 e. The van der Waals surface area contributed by atoms with Gasteiger partial charge in [0.2, 0.25) is 0 Å². The van der Waals surface area contributed by atoms with Gasteiger partial charge in [0, 0.05) is 12.6 Å². The third-order valence-corrected chi connectivity index (χ3v) is 5.29. The Morgan fingerprint density at radius 3 is 2.33 bits per heavy atom. The lowest BCUT2D eigenvalue weighted by atomic mass is 9.81. The molecule has 1 saturated carbocycles. The largest absolute Gasteiger partial charge is 0.302 e. The molecular formula is C19H29NO. The molecule has 1 aliphatic rings. The van der Waals surface area contributed by atoms with E-state index in [1.807, 2.05) is 18.2 Å². The monoisotopic (exact) mass is 287 g/mol. The second kappa shape index (κ2) is 7.22. The highest BCUT2D eigenvalue weighted by molar-refractivity contribution is 5.68. The van der Waals surface area contributed by atoms with E-state index in [2.05, 4.69) is 37.9 Å². The van der Waals surface area contributed by atoms with Crippen molar-refractivity contribution in [2.24, 2.45) is 5.92 Å². The van der Waals surface area contributed by atoms with Gasteiger partial charge in [-0.1, -0.05) is 43.7 Å². The highest BCUT2D eigenvalue weighted by Crippen LogP contribution is 2.31. The Balaban J connectivity index is 2.00. The van der Waals surface area contributed by atoms with Gasteiger partial charge in [-0.2, -0.15) is 0 Å². The molecule has 1 fully saturated rings. The van der Waals surface area contributed by atoms with Crippen molar-refractivity contribution in [3.05, 3.63) is 35.9 Å². The van der Waals surface area contributed by atoms with Crippen molar-refractivity contribution in [1.29, 1.82) is 0 Å². The van der Waals surface area contributed by atoms with Gasteiger partial charge in [-0.05, 0) is 51.1 Å². The van der Waals surface area contributed by atoms with Gasteiger partial charge < -0.3 is 9.69 Å². The van der Waals surface area contributed by atoms with E-state index in [9.17, 15) is 4.79 Å². The summed E-state index contributed by atoms with van der Waals surface area (Å²) in [5, 5.41) is 0. The number of aldehydes is 1. The van der Waals surface area contributed by atoms with Gasteiger partial charge >= 0.3 is 0 Å². The van der Waals surface area contributed by atoms with E-state index < -0.39 is 5.41 Å². The summed E-state index contributed by atoms with van der Waals surface area (Å²) >= 11 is 0. The van der Waals surface area contributed by atoms with Gasteiger partial charge in [-0.15, -0.1) is 0 Å². The van der Waals surface area contributed by atoms with Crippen LogP contribution in [0.25, 0.3) is 0 Å². The van der Waals surface area contributed by atoms with Crippen LogP contribution in [-0.2, 0) is 10.2 Å². The van der Waals surface area contributed by atoms with Crippen LogP contribution in [0.2, 0.25) is 0 Å². The van der Waals surface area contributed by atoms with E-state index >= 15 is 0 Å². The molecule has 0 amide bonds. The first-order valence-corrected chi connectivity index (χ1v) is 8.31. The van der Waals surface area contributed by atoms with E-state index in [4.69, 9.17) is 0 Å². The molecule has 1 aromatic carbocycles. The zero-order valence-corrected chi connectivity index (χ0v) is 13.7. The summed E-state index contributed by atoms with van der Waals surface area (Å²) in [5.41, 5.74) is 0.714. The molecule has 0 heterocycles. The molecule has 2 nitrogen and oxygen atoms in total. The summed E-state index contributed by atoms with van der Waals surface area (Å²) in [7, 11) is 2.18. The van der Waals surface area contributed by atoms with Crippen molar-refractivity contribution in [3.8, 4) is 0 Å². The second-order valence-electron chi connectivity index (χ2n) is 6.90. The van der Waals surface area contributed by atoms with Gasteiger partial charge in [0.25, 0.3) is 0 Å². The number of hydrogen-bond donors (Lipinski definition) is 0. The highest BCUT2D eigenvalue weighted by atomic mass is 16.1. The Bertz CT molecular complexity index is 436. The predicted octanol–water partition coefficient (Wildman–Crippen LogP) is 4.04. The van der Waals surface area contributed by atoms with Crippen molar-refractivity contribution >= 4 is 6.29 Å². The maximum absolute atomic E-state index is 11.7. The van der Waals surface area contributed by atoms with Crippen LogP contribution in [0.5, 0.6) is 0 Å². The molecule has 1 aromatic rings. The lowest BCUT2D eigenvalue weighted by Crippen LogP contribution is -2.44. The third-order valence-electron chi connectivity index (χ3n) is 5.29. The van der Waals surface area contributed by atoms with Crippen molar-refractivity contribution in [2.75, 3.05) is 13.6 Å². The maximum atomic E-state index is 11.7. The first-order chi connectivity index (χ1) is 10.1. The molecule has 1 atom stereocenters. The highest BCUT2D eigenvalue weighted by Gasteiger charge is 2.31. The summed E-state index contributed by atoms with van der Waals surface area (Å²) in [4.78, 5) is 14.1.